The van der Waals surface area contributed by atoms with Gasteiger partial charge in [-0.25, -0.2) is 0 Å². The lowest BCUT2D eigenvalue weighted by Crippen LogP contribution is -2.57. The number of benzene rings is 2. The van der Waals surface area contributed by atoms with Crippen molar-refractivity contribution in [2.24, 2.45) is 13.0 Å². The molecule has 3 aromatic rings. The van der Waals surface area contributed by atoms with Crippen LogP contribution in [0.4, 0.5) is 0 Å². The Morgan fingerprint density at radius 2 is 1.52 bits per heavy atom. The first-order chi connectivity index (χ1) is 14.1. The topological polar surface area (TPSA) is 53.2 Å². The standard InChI is InChI=1S/C24H24N2O3/c1-25-21(14-18-10-12-20(29-2)13-11-18)24(28)26(16-19-8-9-19)22(23(25)27)15-17-6-4-3-5-7-17/h3-7,10-15,19H,8-9,16H2,1-2H3/b21-14-,22-15-. The molecule has 1 aliphatic rings. The van der Waals surface area contributed by atoms with Gasteiger partial charge in [0.1, 0.15) is 16.4 Å². The van der Waals surface area contributed by atoms with E-state index in [0.29, 0.717) is 23.2 Å². The van der Waals surface area contributed by atoms with Crippen LogP contribution < -0.4 is 26.6 Å². The molecule has 0 saturated heterocycles. The molecule has 1 saturated carbocycles. The minimum Gasteiger partial charge on any atom is -0.497 e. The maximum absolute atomic E-state index is 13.4. The Morgan fingerprint density at radius 1 is 0.897 bits per heavy atom. The smallest absolute Gasteiger partial charge is 0.275 e. The first-order valence-corrected chi connectivity index (χ1v) is 9.79. The summed E-state index contributed by atoms with van der Waals surface area (Å²) in [4.78, 5) is 26.6. The van der Waals surface area contributed by atoms with Crippen LogP contribution in [0.25, 0.3) is 12.2 Å². The Labute approximate surface area is 168 Å². The highest BCUT2D eigenvalue weighted by Crippen LogP contribution is 2.29. The maximum atomic E-state index is 13.4. The van der Waals surface area contributed by atoms with Crippen LogP contribution in [0.3, 0.4) is 0 Å². The zero-order valence-electron chi connectivity index (χ0n) is 16.7. The fourth-order valence-electron chi connectivity index (χ4n) is 3.39. The van der Waals surface area contributed by atoms with E-state index >= 15 is 0 Å². The van der Waals surface area contributed by atoms with Gasteiger partial charge in [0.05, 0.1) is 7.11 Å². The predicted octanol–water partition coefficient (Wildman–Crippen LogP) is 1.62. The number of ether oxygens (including phenoxy) is 1. The van der Waals surface area contributed by atoms with Crippen molar-refractivity contribution in [3.8, 4) is 5.75 Å². The van der Waals surface area contributed by atoms with Crippen LogP contribution in [-0.2, 0) is 13.6 Å². The van der Waals surface area contributed by atoms with Gasteiger partial charge in [0.15, 0.2) is 0 Å². The normalized spacial score (nSPS) is 15.0. The van der Waals surface area contributed by atoms with Gasteiger partial charge in [0.25, 0.3) is 11.1 Å². The first-order valence-electron chi connectivity index (χ1n) is 9.79. The quantitative estimate of drug-likeness (QED) is 0.668. The maximum Gasteiger partial charge on any atom is 0.275 e. The minimum absolute atomic E-state index is 0.142. The van der Waals surface area contributed by atoms with Gasteiger partial charge in [-0.05, 0) is 54.2 Å². The monoisotopic (exact) mass is 388 g/mol. The molecule has 0 aliphatic heterocycles. The van der Waals surface area contributed by atoms with Gasteiger partial charge in [-0.3, -0.25) is 9.59 Å². The summed E-state index contributed by atoms with van der Waals surface area (Å²) < 4.78 is 8.29. The predicted molar refractivity (Wildman–Crippen MR) is 114 cm³/mol. The summed E-state index contributed by atoms with van der Waals surface area (Å²) in [6, 6.07) is 17.1. The van der Waals surface area contributed by atoms with E-state index in [1.807, 2.05) is 60.7 Å². The molecule has 1 heterocycles. The summed E-state index contributed by atoms with van der Waals surface area (Å²) in [5.41, 5.74) is 1.43. The third kappa shape index (κ3) is 4.09. The van der Waals surface area contributed by atoms with E-state index in [4.69, 9.17) is 4.74 Å². The van der Waals surface area contributed by atoms with Crippen molar-refractivity contribution in [1.29, 1.82) is 0 Å². The summed E-state index contributed by atoms with van der Waals surface area (Å²) in [6.45, 7) is 0.580. The fraction of sp³-hybridized carbons (Fsp3) is 0.250. The molecule has 4 rings (SSSR count). The second-order valence-corrected chi connectivity index (χ2v) is 7.47. The van der Waals surface area contributed by atoms with Crippen molar-refractivity contribution in [3.05, 3.63) is 97.1 Å². The van der Waals surface area contributed by atoms with Crippen molar-refractivity contribution in [1.82, 2.24) is 9.13 Å². The molecule has 0 amide bonds. The largest absolute Gasteiger partial charge is 0.497 e. The number of methoxy groups -OCH3 is 1. The van der Waals surface area contributed by atoms with Gasteiger partial charge >= 0.3 is 0 Å². The molecule has 5 nitrogen and oxygen atoms in total. The van der Waals surface area contributed by atoms with E-state index in [0.717, 1.165) is 29.7 Å². The molecule has 5 heteroatoms. The average Bonchev–Trinajstić information content (AvgIpc) is 3.57. The van der Waals surface area contributed by atoms with Crippen molar-refractivity contribution < 1.29 is 4.74 Å². The third-order valence-corrected chi connectivity index (χ3v) is 5.30. The van der Waals surface area contributed by atoms with Crippen molar-refractivity contribution in [3.63, 3.8) is 0 Å². The van der Waals surface area contributed by atoms with Crippen LogP contribution in [0.15, 0.2) is 64.2 Å². The molecular weight excluding hydrogens is 364 g/mol. The van der Waals surface area contributed by atoms with E-state index in [1.54, 1.807) is 24.8 Å². The van der Waals surface area contributed by atoms with Crippen LogP contribution in [0, 0.1) is 5.92 Å². The van der Waals surface area contributed by atoms with Crippen molar-refractivity contribution >= 4 is 12.2 Å². The molecule has 0 unspecified atom stereocenters. The van der Waals surface area contributed by atoms with Crippen molar-refractivity contribution in [2.75, 3.05) is 7.11 Å². The number of nitrogens with zero attached hydrogens (tertiary/aromatic N) is 2. The van der Waals surface area contributed by atoms with Gasteiger partial charge in [0.2, 0.25) is 0 Å². The van der Waals surface area contributed by atoms with Gasteiger partial charge in [-0.15, -0.1) is 0 Å². The first kappa shape index (κ1) is 19.0. The molecule has 0 radical (unpaired) electrons. The molecule has 0 spiro atoms. The van der Waals surface area contributed by atoms with Gasteiger partial charge in [-0.2, -0.15) is 0 Å². The van der Waals surface area contributed by atoms with Crippen LogP contribution >= 0.6 is 0 Å². The fourth-order valence-corrected chi connectivity index (χ4v) is 3.39. The summed E-state index contributed by atoms with van der Waals surface area (Å²) in [5.74, 6) is 1.21. The van der Waals surface area contributed by atoms with E-state index < -0.39 is 0 Å². The van der Waals surface area contributed by atoms with Gasteiger partial charge in [0, 0.05) is 13.6 Å². The second-order valence-electron chi connectivity index (χ2n) is 7.47. The highest BCUT2D eigenvalue weighted by Gasteiger charge is 2.23. The molecule has 1 aromatic heterocycles. The van der Waals surface area contributed by atoms with Gasteiger partial charge in [-0.1, -0.05) is 42.5 Å². The van der Waals surface area contributed by atoms with E-state index in [2.05, 4.69) is 0 Å². The zero-order chi connectivity index (χ0) is 20.4. The van der Waals surface area contributed by atoms with Crippen LogP contribution in [0.5, 0.6) is 5.75 Å². The Morgan fingerprint density at radius 3 is 2.14 bits per heavy atom. The van der Waals surface area contributed by atoms with Crippen LogP contribution in [-0.4, -0.2) is 16.2 Å². The lowest BCUT2D eigenvalue weighted by molar-refractivity contribution is 0.415. The molecule has 0 atom stereocenters. The highest BCUT2D eigenvalue weighted by molar-refractivity contribution is 5.50. The Hall–Kier alpha value is -3.34. The lowest BCUT2D eigenvalue weighted by Gasteiger charge is -2.10. The number of hydrogen-bond acceptors (Lipinski definition) is 3. The number of rotatable bonds is 5. The molecule has 0 N–H and O–H groups in total. The van der Waals surface area contributed by atoms with E-state index in [9.17, 15) is 9.59 Å². The van der Waals surface area contributed by atoms with Crippen molar-refractivity contribution in [2.45, 2.75) is 19.4 Å². The third-order valence-electron chi connectivity index (χ3n) is 5.30. The second kappa shape index (κ2) is 7.95. The Kier molecular flexibility index (Phi) is 5.21. The van der Waals surface area contributed by atoms with E-state index in [-0.39, 0.29) is 11.1 Å². The molecule has 2 aromatic carbocycles. The highest BCUT2D eigenvalue weighted by atomic mass is 16.5. The van der Waals surface area contributed by atoms with Gasteiger partial charge < -0.3 is 13.9 Å². The van der Waals surface area contributed by atoms with E-state index in [1.165, 1.54) is 4.57 Å². The molecular formula is C24H24N2O3. The van der Waals surface area contributed by atoms with Crippen LogP contribution in [0.1, 0.15) is 24.0 Å². The molecule has 148 valence electrons. The van der Waals surface area contributed by atoms with Crippen LogP contribution in [0.2, 0.25) is 0 Å². The Balaban J connectivity index is 1.95. The molecule has 29 heavy (non-hydrogen) atoms. The SMILES string of the molecule is COc1ccc(/C=c2/c(=O)n(CC3CC3)/c(=C\c3ccccc3)c(=O)n2C)cc1. The Bertz CT molecular complexity index is 1250. The summed E-state index contributed by atoms with van der Waals surface area (Å²) in [5, 5.41) is 0.813. The molecule has 1 fully saturated rings. The number of aromatic nitrogens is 2. The number of hydrogen-bond donors (Lipinski definition) is 0. The summed E-state index contributed by atoms with van der Waals surface area (Å²) in [7, 11) is 3.27. The zero-order valence-corrected chi connectivity index (χ0v) is 16.7. The minimum atomic E-state index is -0.172. The molecule has 0 bridgehead atoms. The average molecular weight is 388 g/mol. The lowest BCUT2D eigenvalue weighted by atomic mass is 10.2. The summed E-state index contributed by atoms with van der Waals surface area (Å²) >= 11 is 0. The molecule has 1 aliphatic carbocycles. The summed E-state index contributed by atoms with van der Waals surface area (Å²) in [6.07, 6.45) is 5.77.